The van der Waals surface area contributed by atoms with Gasteiger partial charge in [-0.3, -0.25) is 4.98 Å². The summed E-state index contributed by atoms with van der Waals surface area (Å²) in [6.45, 7) is 60.7. The Hall–Kier alpha value is -5.06. The van der Waals surface area contributed by atoms with Gasteiger partial charge < -0.3 is 17.8 Å². The van der Waals surface area contributed by atoms with Gasteiger partial charge in [-0.25, -0.2) is 15.0 Å². The Kier molecular flexibility index (Phi) is 27.2. The highest BCUT2D eigenvalue weighted by Crippen LogP contribution is 2.32. The van der Waals surface area contributed by atoms with Crippen LogP contribution in [0.5, 0.6) is 0 Å². The average molecular weight is 1110 g/mol. The van der Waals surface area contributed by atoms with Gasteiger partial charge in [0.2, 0.25) is 0 Å². The van der Waals surface area contributed by atoms with E-state index in [1.807, 2.05) is 73.7 Å². The first kappa shape index (κ1) is 71.0. The van der Waals surface area contributed by atoms with Crippen molar-refractivity contribution in [3.63, 3.8) is 0 Å². The van der Waals surface area contributed by atoms with Crippen LogP contribution in [0.3, 0.4) is 0 Å². The third-order valence-electron chi connectivity index (χ3n) is 11.8. The third kappa shape index (κ3) is 27.7. The van der Waals surface area contributed by atoms with E-state index in [4.69, 9.17) is 13.3 Å². The summed E-state index contributed by atoms with van der Waals surface area (Å²) in [6.07, 6.45) is 21.8. The van der Waals surface area contributed by atoms with Crippen LogP contribution in [0.1, 0.15) is 233 Å². The standard InChI is InChI=1S/C10H15N.C9H14O.2C9H14S.C9H14.C8H14N2.2C7H11NO/c1-8-5-9(7-11-6-8)10(2,3)4;1-7-5-6-8(10-7)9(2,3)4;1-7-5-6-10-8(7)9(2,3)4;1-7-5-6-8(10-7)9(2,3)4;1-9(2,3)8-6-4-5-7-8;1-8(2,3)7-5-9-6-10(7)4;1-7(2,3)6-4-8-5-9-6;1-7(2,3)6-8-4-5-9-6/h5-7H,1-4H3;3*5-6H,1-4H3;4-6H,7H2,1-3H3;5-6H,1-4H3;2*4-5H,1-3H3. The molecule has 8 nitrogen and oxygen atoms in total. The van der Waals surface area contributed by atoms with Gasteiger partial charge in [0.05, 0.1) is 18.7 Å². The summed E-state index contributed by atoms with van der Waals surface area (Å²) in [5.41, 5.74) is 8.54. The van der Waals surface area contributed by atoms with Crippen molar-refractivity contribution in [1.82, 2.24) is 24.5 Å². The number of hydrogen-bond acceptors (Lipinski definition) is 9. The van der Waals surface area contributed by atoms with Crippen molar-refractivity contribution >= 4 is 22.7 Å². The second kappa shape index (κ2) is 30.0. The lowest BCUT2D eigenvalue weighted by Gasteiger charge is -2.19. The molecule has 10 heteroatoms. The molecule has 0 atom stereocenters. The average Bonchev–Trinajstić information content (AvgIpc) is 4.13. The molecule has 1 aliphatic carbocycles. The first-order valence-corrected chi connectivity index (χ1v) is 29.3. The minimum absolute atomic E-state index is 0.0451. The molecule has 7 aromatic rings. The summed E-state index contributed by atoms with van der Waals surface area (Å²) in [5, 5.41) is 2.16. The van der Waals surface area contributed by atoms with E-state index >= 15 is 0 Å². The highest BCUT2D eigenvalue weighted by molar-refractivity contribution is 7.12. The van der Waals surface area contributed by atoms with Gasteiger partial charge in [0.25, 0.3) is 0 Å². The fourth-order valence-corrected chi connectivity index (χ4v) is 8.99. The Morgan fingerprint density at radius 3 is 1.40 bits per heavy atom. The number of oxazole rings is 2. The molecule has 0 spiro atoms. The predicted octanol–water partition coefficient (Wildman–Crippen LogP) is 20.9. The predicted molar refractivity (Wildman–Crippen MR) is 339 cm³/mol. The topological polar surface area (TPSA) is 95.9 Å². The maximum absolute atomic E-state index is 5.45. The first-order valence-electron chi connectivity index (χ1n) is 27.6. The maximum Gasteiger partial charge on any atom is 0.199 e. The molecular formula is C68H107N5O3S2. The van der Waals surface area contributed by atoms with Crippen molar-refractivity contribution in [3.05, 3.63) is 176 Å². The molecule has 0 saturated heterocycles. The molecule has 0 unspecified atom stereocenters. The number of nitrogens with zero attached hydrogens (tertiary/aromatic N) is 5. The molecule has 0 amide bonds. The van der Waals surface area contributed by atoms with Crippen LogP contribution in [0.25, 0.3) is 0 Å². The van der Waals surface area contributed by atoms with Crippen LogP contribution in [0.15, 0.2) is 129 Å². The van der Waals surface area contributed by atoms with Gasteiger partial charge in [0.15, 0.2) is 12.3 Å². The molecule has 78 heavy (non-hydrogen) atoms. The molecule has 0 aliphatic heterocycles. The van der Waals surface area contributed by atoms with Crippen LogP contribution in [0.4, 0.5) is 0 Å². The highest BCUT2D eigenvalue weighted by Gasteiger charge is 2.21. The van der Waals surface area contributed by atoms with Crippen LogP contribution in [0, 0.1) is 33.1 Å². The number of imidazole rings is 1. The van der Waals surface area contributed by atoms with Crippen LogP contribution >= 0.6 is 22.7 Å². The van der Waals surface area contributed by atoms with Gasteiger partial charge >= 0.3 is 0 Å². The van der Waals surface area contributed by atoms with E-state index in [0.29, 0.717) is 16.2 Å². The van der Waals surface area contributed by atoms with Crippen LogP contribution < -0.4 is 0 Å². The fraction of sp³-hybridized carbons (Fsp3) is 0.559. The molecule has 434 valence electrons. The minimum atomic E-state index is 0.0451. The monoisotopic (exact) mass is 1110 g/mol. The Morgan fingerprint density at radius 1 is 0.551 bits per heavy atom. The molecule has 7 heterocycles. The summed E-state index contributed by atoms with van der Waals surface area (Å²) in [6, 6.07) is 12.8. The number of thiophene rings is 2. The third-order valence-corrected chi connectivity index (χ3v) is 14.7. The lowest BCUT2D eigenvalue weighted by Crippen LogP contribution is -2.15. The number of pyridine rings is 1. The highest BCUT2D eigenvalue weighted by atomic mass is 32.1. The van der Waals surface area contributed by atoms with Gasteiger partial charge in [-0.1, -0.05) is 196 Å². The Morgan fingerprint density at radius 2 is 1.17 bits per heavy atom. The SMILES string of the molecule is CC(C)(C)C1=CC=CC1.CC(C)(C)c1cnco1.CC(C)(C)c1ncco1.Cc1ccc(C(C)(C)C)o1.Cc1ccc(C(C)(C)C)s1.Cc1ccsc1C(C)(C)C.Cc1cncc(C(C)(C)C)c1.Cn1cncc1C(C)(C)C. The Bertz CT molecular complexity index is 2630. The molecule has 0 saturated carbocycles. The van der Waals surface area contributed by atoms with Crippen LogP contribution in [-0.2, 0) is 45.0 Å². The van der Waals surface area contributed by atoms with Crippen molar-refractivity contribution in [2.45, 2.75) is 238 Å². The van der Waals surface area contributed by atoms with Gasteiger partial charge in [0, 0.05) is 67.6 Å². The number of aromatic nitrogens is 5. The van der Waals surface area contributed by atoms with Gasteiger partial charge in [-0.2, -0.15) is 0 Å². The minimum Gasteiger partial charge on any atom is -0.466 e. The lowest BCUT2D eigenvalue weighted by atomic mass is 9.86. The summed E-state index contributed by atoms with van der Waals surface area (Å²) in [5.74, 6) is 3.78. The number of rotatable bonds is 0. The quantitative estimate of drug-likeness (QED) is 0.149. The van der Waals surface area contributed by atoms with E-state index in [9.17, 15) is 0 Å². The molecule has 7 aromatic heterocycles. The van der Waals surface area contributed by atoms with Gasteiger partial charge in [-0.15, -0.1) is 22.7 Å². The van der Waals surface area contributed by atoms with Crippen molar-refractivity contribution in [3.8, 4) is 0 Å². The Balaban J connectivity index is 0.000000446. The zero-order chi connectivity index (χ0) is 60.3. The van der Waals surface area contributed by atoms with E-state index in [-0.39, 0.29) is 27.1 Å². The zero-order valence-electron chi connectivity index (χ0n) is 54.4. The maximum atomic E-state index is 5.45. The van der Waals surface area contributed by atoms with E-state index in [2.05, 4.69) is 259 Å². The van der Waals surface area contributed by atoms with E-state index in [1.165, 1.54) is 43.4 Å². The summed E-state index contributed by atoms with van der Waals surface area (Å²) in [7, 11) is 2.02. The number of aryl methyl sites for hydroxylation is 5. The molecular weight excluding hydrogens is 999 g/mol. The number of furan rings is 1. The summed E-state index contributed by atoms with van der Waals surface area (Å²) < 4.78 is 17.7. The van der Waals surface area contributed by atoms with Gasteiger partial charge in [-0.05, 0) is 108 Å². The molecule has 8 rings (SSSR count). The molecule has 0 bridgehead atoms. The second-order valence-corrected chi connectivity index (χ2v) is 30.6. The lowest BCUT2D eigenvalue weighted by molar-refractivity contribution is 0.392. The van der Waals surface area contributed by atoms with E-state index in [1.54, 1.807) is 24.2 Å². The molecule has 0 fully saturated rings. The van der Waals surface area contributed by atoms with Crippen molar-refractivity contribution < 1.29 is 13.3 Å². The Labute approximate surface area is 484 Å². The number of hydrogen-bond donors (Lipinski definition) is 0. The van der Waals surface area contributed by atoms with Gasteiger partial charge in [0.1, 0.15) is 23.5 Å². The smallest absolute Gasteiger partial charge is 0.199 e. The van der Waals surface area contributed by atoms with E-state index < -0.39 is 0 Å². The van der Waals surface area contributed by atoms with Crippen molar-refractivity contribution in [2.24, 2.45) is 12.5 Å². The second-order valence-electron chi connectivity index (χ2n) is 28.4. The zero-order valence-corrected chi connectivity index (χ0v) is 56.0. The first-order chi connectivity index (χ1) is 35.3. The summed E-state index contributed by atoms with van der Waals surface area (Å²) in [4.78, 5) is 20.4. The molecule has 0 N–H and O–H groups in total. The molecule has 0 radical (unpaired) electrons. The van der Waals surface area contributed by atoms with Crippen LogP contribution in [0.2, 0.25) is 0 Å². The number of allylic oxidation sites excluding steroid dienone is 4. The van der Waals surface area contributed by atoms with E-state index in [0.717, 1.165) is 29.6 Å². The largest absolute Gasteiger partial charge is 0.466 e. The molecule has 0 aromatic carbocycles. The van der Waals surface area contributed by atoms with Crippen LogP contribution in [-0.4, -0.2) is 24.5 Å². The summed E-state index contributed by atoms with van der Waals surface area (Å²) >= 11 is 3.75. The van der Waals surface area contributed by atoms with Crippen molar-refractivity contribution in [2.75, 3.05) is 0 Å². The van der Waals surface area contributed by atoms with Crippen molar-refractivity contribution in [1.29, 1.82) is 0 Å². The normalized spacial score (nSPS) is 12.7. The molecule has 1 aliphatic rings. The fourth-order valence-electron chi connectivity index (χ4n) is 7.04.